The zero-order chi connectivity index (χ0) is 6.53. The SMILES string of the molecule is N[CH]Cc1cccnc1. The molecule has 47 valence electrons. The predicted octanol–water partition coefficient (Wildman–Crippen LogP) is 0.745. The summed E-state index contributed by atoms with van der Waals surface area (Å²) >= 11 is 0. The molecule has 2 N–H and O–H groups in total. The largest absolute Gasteiger partial charge is 0.326 e. The van der Waals surface area contributed by atoms with Gasteiger partial charge in [0.1, 0.15) is 0 Å². The number of aromatic nitrogens is 1. The van der Waals surface area contributed by atoms with Gasteiger partial charge < -0.3 is 5.73 Å². The van der Waals surface area contributed by atoms with Crippen LogP contribution in [0, 0.1) is 6.54 Å². The zero-order valence-corrected chi connectivity index (χ0v) is 5.12. The summed E-state index contributed by atoms with van der Waals surface area (Å²) in [6, 6.07) is 3.90. The fourth-order valence-electron chi connectivity index (χ4n) is 0.655. The molecule has 0 aromatic carbocycles. The number of nitrogens with two attached hydrogens (primary N) is 1. The summed E-state index contributed by atoms with van der Waals surface area (Å²) < 4.78 is 0. The van der Waals surface area contributed by atoms with E-state index in [-0.39, 0.29) is 0 Å². The Hall–Kier alpha value is -0.890. The van der Waals surface area contributed by atoms with Crippen LogP contribution < -0.4 is 5.73 Å². The molecule has 0 saturated heterocycles. The Bertz CT molecular complexity index is 160. The lowest BCUT2D eigenvalue weighted by Gasteiger charge is -1.92. The van der Waals surface area contributed by atoms with Gasteiger partial charge in [0, 0.05) is 18.9 Å². The maximum Gasteiger partial charge on any atom is 0.0300 e. The maximum atomic E-state index is 5.21. The molecular weight excluding hydrogens is 112 g/mol. The minimum Gasteiger partial charge on any atom is -0.326 e. The number of nitrogens with zero attached hydrogens (tertiary/aromatic N) is 1. The molecule has 9 heavy (non-hydrogen) atoms. The molecule has 0 fully saturated rings. The Morgan fingerprint density at radius 1 is 1.67 bits per heavy atom. The third-order valence-corrected chi connectivity index (χ3v) is 1.08. The van der Waals surface area contributed by atoms with Crippen LogP contribution in [-0.2, 0) is 6.42 Å². The van der Waals surface area contributed by atoms with E-state index in [2.05, 4.69) is 4.98 Å². The lowest BCUT2D eigenvalue weighted by Crippen LogP contribution is -1.94. The van der Waals surface area contributed by atoms with Gasteiger partial charge in [-0.05, 0) is 18.1 Å². The average molecular weight is 121 g/mol. The first-order valence-electron chi connectivity index (χ1n) is 2.86. The van der Waals surface area contributed by atoms with Crippen LogP contribution in [-0.4, -0.2) is 4.98 Å². The third-order valence-electron chi connectivity index (χ3n) is 1.08. The van der Waals surface area contributed by atoms with Crippen molar-refractivity contribution in [2.45, 2.75) is 6.42 Å². The van der Waals surface area contributed by atoms with E-state index in [0.29, 0.717) is 0 Å². The van der Waals surface area contributed by atoms with Crippen molar-refractivity contribution in [3.63, 3.8) is 0 Å². The molecule has 1 rings (SSSR count). The van der Waals surface area contributed by atoms with Crippen molar-refractivity contribution in [1.82, 2.24) is 4.98 Å². The molecule has 1 aromatic heterocycles. The second-order valence-corrected chi connectivity index (χ2v) is 1.80. The molecule has 1 heterocycles. The lowest BCUT2D eigenvalue weighted by molar-refractivity contribution is 1.08. The molecule has 0 unspecified atom stereocenters. The first-order valence-corrected chi connectivity index (χ1v) is 2.86. The smallest absolute Gasteiger partial charge is 0.0300 e. The number of hydrogen-bond acceptors (Lipinski definition) is 2. The van der Waals surface area contributed by atoms with Crippen LogP contribution in [0.5, 0.6) is 0 Å². The number of rotatable bonds is 2. The van der Waals surface area contributed by atoms with Gasteiger partial charge in [-0.2, -0.15) is 0 Å². The van der Waals surface area contributed by atoms with Crippen LogP contribution in [0.3, 0.4) is 0 Å². The molecule has 0 aliphatic carbocycles. The van der Waals surface area contributed by atoms with Crippen LogP contribution in [0.4, 0.5) is 0 Å². The Kier molecular flexibility index (Phi) is 2.22. The summed E-state index contributed by atoms with van der Waals surface area (Å²) in [5, 5.41) is 0. The van der Waals surface area contributed by atoms with Gasteiger partial charge in [-0.3, -0.25) is 4.98 Å². The number of pyridine rings is 1. The Morgan fingerprint density at radius 2 is 2.56 bits per heavy atom. The van der Waals surface area contributed by atoms with Crippen LogP contribution >= 0.6 is 0 Å². The van der Waals surface area contributed by atoms with Crippen molar-refractivity contribution >= 4 is 0 Å². The van der Waals surface area contributed by atoms with E-state index in [1.54, 1.807) is 12.7 Å². The van der Waals surface area contributed by atoms with Crippen molar-refractivity contribution in [3.05, 3.63) is 36.6 Å². The van der Waals surface area contributed by atoms with Gasteiger partial charge in [0.15, 0.2) is 0 Å². The Balaban J connectivity index is 2.61. The monoisotopic (exact) mass is 121 g/mol. The van der Waals surface area contributed by atoms with Crippen LogP contribution in [0.2, 0.25) is 0 Å². The summed E-state index contributed by atoms with van der Waals surface area (Å²) in [7, 11) is 0. The first-order chi connectivity index (χ1) is 4.43. The average Bonchev–Trinajstić information content (AvgIpc) is 1.91. The van der Waals surface area contributed by atoms with Gasteiger partial charge in [-0.15, -0.1) is 0 Å². The molecule has 1 radical (unpaired) electrons. The van der Waals surface area contributed by atoms with Crippen molar-refractivity contribution < 1.29 is 0 Å². The molecule has 0 aliphatic heterocycles. The summed E-state index contributed by atoms with van der Waals surface area (Å²) in [4.78, 5) is 3.93. The molecule has 1 aromatic rings. The highest BCUT2D eigenvalue weighted by Gasteiger charge is 1.86. The summed E-state index contributed by atoms with van der Waals surface area (Å²) in [6.07, 6.45) is 4.36. The lowest BCUT2D eigenvalue weighted by atomic mass is 10.2. The highest BCUT2D eigenvalue weighted by atomic mass is 14.6. The highest BCUT2D eigenvalue weighted by molar-refractivity contribution is 5.09. The summed E-state index contributed by atoms with van der Waals surface area (Å²) in [5.74, 6) is 0. The minimum atomic E-state index is 0.799. The first kappa shape index (κ1) is 6.23. The molecule has 2 nitrogen and oxygen atoms in total. The van der Waals surface area contributed by atoms with E-state index in [1.165, 1.54) is 0 Å². The Labute approximate surface area is 54.7 Å². The molecule has 0 saturated carbocycles. The fourth-order valence-corrected chi connectivity index (χ4v) is 0.655. The van der Waals surface area contributed by atoms with Crippen LogP contribution in [0.15, 0.2) is 24.5 Å². The van der Waals surface area contributed by atoms with Gasteiger partial charge in [0.2, 0.25) is 0 Å². The quantitative estimate of drug-likeness (QED) is 0.627. The molecule has 2 heteroatoms. The molecule has 0 spiro atoms. The maximum absolute atomic E-state index is 5.21. The van der Waals surface area contributed by atoms with Crippen molar-refractivity contribution in [2.24, 2.45) is 5.73 Å². The standard InChI is InChI=1S/C7H9N2/c8-4-3-7-2-1-5-9-6-7/h1-2,4-6H,3,8H2. The second-order valence-electron chi connectivity index (χ2n) is 1.80. The minimum absolute atomic E-state index is 0.799. The van der Waals surface area contributed by atoms with Gasteiger partial charge >= 0.3 is 0 Å². The molecular formula is C7H9N2. The van der Waals surface area contributed by atoms with E-state index in [4.69, 9.17) is 5.73 Å². The van der Waals surface area contributed by atoms with E-state index in [1.807, 2.05) is 18.3 Å². The van der Waals surface area contributed by atoms with Gasteiger partial charge in [0.05, 0.1) is 0 Å². The zero-order valence-electron chi connectivity index (χ0n) is 5.12. The van der Waals surface area contributed by atoms with Crippen molar-refractivity contribution in [1.29, 1.82) is 0 Å². The molecule has 0 amide bonds. The van der Waals surface area contributed by atoms with Crippen LogP contribution in [0.1, 0.15) is 5.56 Å². The van der Waals surface area contributed by atoms with E-state index >= 15 is 0 Å². The van der Waals surface area contributed by atoms with E-state index in [0.717, 1.165) is 12.0 Å². The highest BCUT2D eigenvalue weighted by Crippen LogP contribution is 1.95. The van der Waals surface area contributed by atoms with Gasteiger partial charge in [0.25, 0.3) is 0 Å². The topological polar surface area (TPSA) is 38.9 Å². The van der Waals surface area contributed by atoms with E-state index < -0.39 is 0 Å². The predicted molar refractivity (Wildman–Crippen MR) is 36.4 cm³/mol. The third kappa shape index (κ3) is 1.82. The normalized spacial score (nSPS) is 9.44. The van der Waals surface area contributed by atoms with Crippen LogP contribution in [0.25, 0.3) is 0 Å². The van der Waals surface area contributed by atoms with Crippen molar-refractivity contribution in [3.8, 4) is 0 Å². The Morgan fingerprint density at radius 3 is 3.11 bits per heavy atom. The molecule has 0 bridgehead atoms. The fraction of sp³-hybridized carbons (Fsp3) is 0.143. The summed E-state index contributed by atoms with van der Waals surface area (Å²) in [6.45, 7) is 1.62. The van der Waals surface area contributed by atoms with E-state index in [9.17, 15) is 0 Å². The number of hydrogen-bond donors (Lipinski definition) is 1. The second kappa shape index (κ2) is 3.20. The van der Waals surface area contributed by atoms with Gasteiger partial charge in [-0.25, -0.2) is 0 Å². The molecule has 0 aliphatic rings. The van der Waals surface area contributed by atoms with Gasteiger partial charge in [-0.1, -0.05) is 6.07 Å². The summed E-state index contributed by atoms with van der Waals surface area (Å²) in [5.41, 5.74) is 6.36. The van der Waals surface area contributed by atoms with Crippen molar-refractivity contribution in [2.75, 3.05) is 0 Å². The molecule has 0 atom stereocenters.